The van der Waals surface area contributed by atoms with Crippen LogP contribution in [0.5, 0.6) is 0 Å². The number of methoxy groups -OCH3 is 1. The zero-order chi connectivity index (χ0) is 20.4. The maximum Gasteiger partial charge on any atom is 0.267 e. The third kappa shape index (κ3) is 4.63. The summed E-state index contributed by atoms with van der Waals surface area (Å²) in [5, 5.41) is 10.3. The third-order valence-corrected chi connectivity index (χ3v) is 5.05. The SMILES string of the molecule is CCC(C)(CNc1nc(NCC(F)(F)C(C)C)nc2c(C)nn(C)c12)OC. The minimum atomic E-state index is -2.85. The van der Waals surface area contributed by atoms with E-state index in [2.05, 4.69) is 25.7 Å². The summed E-state index contributed by atoms with van der Waals surface area (Å²) in [7, 11) is 3.47. The van der Waals surface area contributed by atoms with Gasteiger partial charge < -0.3 is 15.4 Å². The lowest BCUT2D eigenvalue weighted by atomic mass is 10.0. The van der Waals surface area contributed by atoms with E-state index in [1.54, 1.807) is 18.8 Å². The molecule has 2 aromatic heterocycles. The number of hydrogen-bond donors (Lipinski definition) is 2. The van der Waals surface area contributed by atoms with Gasteiger partial charge in [0.25, 0.3) is 5.92 Å². The highest BCUT2D eigenvalue weighted by atomic mass is 19.3. The number of anilines is 2. The van der Waals surface area contributed by atoms with Crippen molar-refractivity contribution >= 4 is 22.8 Å². The quantitative estimate of drug-likeness (QED) is 0.688. The third-order valence-electron chi connectivity index (χ3n) is 5.05. The van der Waals surface area contributed by atoms with Crippen molar-refractivity contribution in [2.75, 3.05) is 30.8 Å². The predicted octanol–water partition coefficient (Wildman–Crippen LogP) is 3.60. The first-order chi connectivity index (χ1) is 12.5. The first-order valence-corrected chi connectivity index (χ1v) is 9.15. The fourth-order valence-corrected chi connectivity index (χ4v) is 2.55. The average molecular weight is 384 g/mol. The lowest BCUT2D eigenvalue weighted by molar-refractivity contribution is -0.0310. The molecule has 0 amide bonds. The molecule has 0 aliphatic rings. The molecule has 2 aromatic rings. The van der Waals surface area contributed by atoms with Gasteiger partial charge in [-0.25, -0.2) is 13.8 Å². The molecular weight excluding hydrogens is 354 g/mol. The van der Waals surface area contributed by atoms with Gasteiger partial charge in [0.15, 0.2) is 5.82 Å². The van der Waals surface area contributed by atoms with Crippen LogP contribution in [0.15, 0.2) is 0 Å². The molecule has 9 heteroatoms. The van der Waals surface area contributed by atoms with Crippen molar-refractivity contribution in [3.63, 3.8) is 0 Å². The van der Waals surface area contributed by atoms with Crippen LogP contribution in [-0.4, -0.2) is 51.5 Å². The maximum absolute atomic E-state index is 14.0. The second-order valence-electron chi connectivity index (χ2n) is 7.43. The van der Waals surface area contributed by atoms with Gasteiger partial charge in [-0.3, -0.25) is 4.68 Å². The summed E-state index contributed by atoms with van der Waals surface area (Å²) in [6, 6.07) is 0. The van der Waals surface area contributed by atoms with Crippen LogP contribution in [0.4, 0.5) is 20.5 Å². The van der Waals surface area contributed by atoms with Gasteiger partial charge in [0.05, 0.1) is 17.8 Å². The van der Waals surface area contributed by atoms with Crippen molar-refractivity contribution in [1.29, 1.82) is 0 Å². The van der Waals surface area contributed by atoms with Gasteiger partial charge in [0.1, 0.15) is 11.0 Å². The monoisotopic (exact) mass is 384 g/mol. The van der Waals surface area contributed by atoms with E-state index in [9.17, 15) is 8.78 Å². The van der Waals surface area contributed by atoms with Crippen molar-refractivity contribution in [3.8, 4) is 0 Å². The lowest BCUT2D eigenvalue weighted by Crippen LogP contribution is -2.35. The highest BCUT2D eigenvalue weighted by molar-refractivity contribution is 5.88. The number of aromatic nitrogens is 4. The number of rotatable bonds is 9. The van der Waals surface area contributed by atoms with Crippen LogP contribution in [0.2, 0.25) is 0 Å². The van der Waals surface area contributed by atoms with Crippen LogP contribution in [-0.2, 0) is 11.8 Å². The number of halogens is 2. The summed E-state index contributed by atoms with van der Waals surface area (Å²) >= 11 is 0. The minimum Gasteiger partial charge on any atom is -0.377 e. The van der Waals surface area contributed by atoms with Crippen LogP contribution >= 0.6 is 0 Å². The zero-order valence-corrected chi connectivity index (χ0v) is 17.2. The summed E-state index contributed by atoms with van der Waals surface area (Å²) in [6.45, 7) is 8.82. The van der Waals surface area contributed by atoms with Crippen LogP contribution in [0.1, 0.15) is 39.8 Å². The largest absolute Gasteiger partial charge is 0.377 e. The van der Waals surface area contributed by atoms with Crippen LogP contribution < -0.4 is 10.6 Å². The standard InChI is InChI=1S/C18H30F2N6O/c1-8-17(5,27-7)9-21-15-14-13(12(4)25-26(14)6)23-16(24-15)22-10-18(19,20)11(2)3/h11H,8-10H2,1-7H3,(H2,21,22,23,24). The van der Waals surface area contributed by atoms with E-state index in [0.717, 1.165) is 11.9 Å². The van der Waals surface area contributed by atoms with E-state index in [4.69, 9.17) is 4.74 Å². The lowest BCUT2D eigenvalue weighted by Gasteiger charge is -2.27. The van der Waals surface area contributed by atoms with Crippen LogP contribution in [0, 0.1) is 12.8 Å². The number of hydrogen-bond acceptors (Lipinski definition) is 6. The normalized spacial score (nSPS) is 14.6. The number of ether oxygens (including phenoxy) is 1. The average Bonchev–Trinajstić information content (AvgIpc) is 2.91. The molecule has 0 bridgehead atoms. The molecule has 1 unspecified atom stereocenters. The molecule has 2 rings (SSSR count). The van der Waals surface area contributed by atoms with E-state index >= 15 is 0 Å². The van der Waals surface area contributed by atoms with E-state index in [-0.39, 0.29) is 11.5 Å². The molecule has 0 saturated heterocycles. The Labute approximate surface area is 158 Å². The molecule has 7 nitrogen and oxygen atoms in total. The highest BCUT2D eigenvalue weighted by Gasteiger charge is 2.33. The van der Waals surface area contributed by atoms with Crippen LogP contribution in [0.3, 0.4) is 0 Å². The molecule has 2 N–H and O–H groups in total. The minimum absolute atomic E-state index is 0.150. The second-order valence-corrected chi connectivity index (χ2v) is 7.43. The van der Waals surface area contributed by atoms with Gasteiger partial charge in [-0.15, -0.1) is 0 Å². The van der Waals surface area contributed by atoms with Crippen molar-refractivity contribution in [2.45, 2.75) is 52.6 Å². The van der Waals surface area contributed by atoms with Crippen molar-refractivity contribution < 1.29 is 13.5 Å². The Morgan fingerprint density at radius 1 is 1.19 bits per heavy atom. The van der Waals surface area contributed by atoms with E-state index in [1.165, 1.54) is 13.8 Å². The Kier molecular flexibility index (Phi) is 6.24. The van der Waals surface area contributed by atoms with Crippen molar-refractivity contribution in [3.05, 3.63) is 5.69 Å². The van der Waals surface area contributed by atoms with E-state index in [1.807, 2.05) is 20.8 Å². The highest BCUT2D eigenvalue weighted by Crippen LogP contribution is 2.27. The molecular formula is C18H30F2N6O. The number of aryl methyl sites for hydroxylation is 2. The molecule has 2 heterocycles. The Bertz CT molecular complexity index is 786. The summed E-state index contributed by atoms with van der Waals surface area (Å²) in [5.74, 6) is -2.95. The molecule has 0 aromatic carbocycles. The van der Waals surface area contributed by atoms with E-state index < -0.39 is 18.4 Å². The number of nitrogens with zero attached hydrogens (tertiary/aromatic N) is 4. The van der Waals surface area contributed by atoms with Crippen LogP contribution in [0.25, 0.3) is 11.0 Å². The number of alkyl halides is 2. The molecule has 152 valence electrons. The maximum atomic E-state index is 14.0. The van der Waals surface area contributed by atoms with Gasteiger partial charge in [-0.05, 0) is 20.3 Å². The fourth-order valence-electron chi connectivity index (χ4n) is 2.55. The fraction of sp³-hybridized carbons (Fsp3) is 0.722. The molecule has 0 aliphatic carbocycles. The molecule has 0 radical (unpaired) electrons. The summed E-state index contributed by atoms with van der Waals surface area (Å²) in [4.78, 5) is 8.82. The molecule has 0 fully saturated rings. The Morgan fingerprint density at radius 2 is 1.85 bits per heavy atom. The topological polar surface area (TPSA) is 76.9 Å². The first-order valence-electron chi connectivity index (χ1n) is 9.15. The van der Waals surface area contributed by atoms with Gasteiger partial charge in [-0.2, -0.15) is 10.1 Å². The number of nitrogens with one attached hydrogen (secondary N) is 2. The second kappa shape index (κ2) is 7.92. The molecule has 0 aliphatic heterocycles. The van der Waals surface area contributed by atoms with Crippen molar-refractivity contribution in [1.82, 2.24) is 19.7 Å². The molecule has 27 heavy (non-hydrogen) atoms. The smallest absolute Gasteiger partial charge is 0.267 e. The Balaban J connectivity index is 2.36. The molecule has 1 atom stereocenters. The summed E-state index contributed by atoms with van der Waals surface area (Å²) in [6.07, 6.45) is 0.806. The number of fused-ring (bicyclic) bond motifs is 1. The van der Waals surface area contributed by atoms with Gasteiger partial charge >= 0.3 is 0 Å². The van der Waals surface area contributed by atoms with Crippen molar-refractivity contribution in [2.24, 2.45) is 13.0 Å². The zero-order valence-electron chi connectivity index (χ0n) is 17.2. The Hall–Kier alpha value is -2.03. The van der Waals surface area contributed by atoms with E-state index in [0.29, 0.717) is 23.6 Å². The molecule has 0 spiro atoms. The van der Waals surface area contributed by atoms with Gasteiger partial charge in [-0.1, -0.05) is 20.8 Å². The summed E-state index contributed by atoms with van der Waals surface area (Å²) in [5.41, 5.74) is 1.69. The first kappa shape index (κ1) is 21.3. The summed E-state index contributed by atoms with van der Waals surface area (Å²) < 4.78 is 35.2. The molecule has 0 saturated carbocycles. The predicted molar refractivity (Wildman–Crippen MR) is 104 cm³/mol. The van der Waals surface area contributed by atoms with Gasteiger partial charge in [0.2, 0.25) is 5.95 Å². The van der Waals surface area contributed by atoms with Gasteiger partial charge in [0, 0.05) is 26.6 Å². The Morgan fingerprint density at radius 3 is 2.41 bits per heavy atom.